The molecule has 1 aromatic rings. The number of rotatable bonds is 2. The molecule has 0 N–H and O–H groups in total. The molecule has 0 spiro atoms. The van der Waals surface area contributed by atoms with Gasteiger partial charge < -0.3 is 9.64 Å². The van der Waals surface area contributed by atoms with E-state index in [9.17, 15) is 0 Å². The van der Waals surface area contributed by atoms with Gasteiger partial charge in [0.25, 0.3) is 0 Å². The average molecular weight is 241 g/mol. The molecule has 0 amide bonds. The van der Waals surface area contributed by atoms with Crippen LogP contribution in [0.2, 0.25) is 0 Å². The van der Waals surface area contributed by atoms with Crippen LogP contribution in [-0.4, -0.2) is 30.4 Å². The van der Waals surface area contributed by atoms with Crippen LogP contribution in [-0.2, 0) is 0 Å². The number of benzene rings is 1. The highest BCUT2D eigenvalue weighted by atomic mass is 32.2. The van der Waals surface area contributed by atoms with E-state index in [1.54, 1.807) is 7.11 Å². The van der Waals surface area contributed by atoms with Gasteiger partial charge in [0.05, 0.1) is 18.9 Å². The van der Waals surface area contributed by atoms with Crippen molar-refractivity contribution < 1.29 is 4.74 Å². The highest BCUT2D eigenvalue weighted by Gasteiger charge is 2.09. The molecule has 4 heteroatoms. The van der Waals surface area contributed by atoms with E-state index in [0.717, 1.165) is 17.5 Å². The molecule has 2 nitrogen and oxygen atoms in total. The molecule has 0 saturated carbocycles. The molecule has 82 valence electrons. The Morgan fingerprint density at radius 2 is 1.67 bits per heavy atom. The van der Waals surface area contributed by atoms with Crippen LogP contribution < -0.4 is 9.64 Å². The zero-order valence-corrected chi connectivity index (χ0v) is 10.4. The third-order valence-electron chi connectivity index (χ3n) is 2.30. The van der Waals surface area contributed by atoms with Crippen molar-refractivity contribution in [3.8, 4) is 5.75 Å². The Kier molecular flexibility index (Phi) is 4.09. The first-order valence-corrected chi connectivity index (χ1v) is 7.25. The predicted octanol–water partition coefficient (Wildman–Crippen LogP) is 2.90. The minimum atomic E-state index is 0.925. The van der Waals surface area contributed by atoms with Crippen molar-refractivity contribution in [3.05, 3.63) is 24.3 Å². The smallest absolute Gasteiger partial charge is 0.119 e. The molecular weight excluding hydrogens is 226 g/mol. The van der Waals surface area contributed by atoms with Gasteiger partial charge in [-0.05, 0) is 24.3 Å². The number of thioether (sulfide) groups is 2. The van der Waals surface area contributed by atoms with Crippen molar-refractivity contribution in [2.45, 2.75) is 0 Å². The van der Waals surface area contributed by atoms with Crippen molar-refractivity contribution in [2.24, 2.45) is 0 Å². The molecule has 15 heavy (non-hydrogen) atoms. The summed E-state index contributed by atoms with van der Waals surface area (Å²) in [7, 11) is 1.70. The Morgan fingerprint density at radius 1 is 1.07 bits per heavy atom. The normalized spacial score (nSPS) is 17.3. The summed E-state index contributed by atoms with van der Waals surface area (Å²) in [4.78, 5) is 2.40. The number of methoxy groups -OCH3 is 1. The number of anilines is 1. The second-order valence-corrected chi connectivity index (χ2v) is 5.46. The summed E-state index contributed by atoms with van der Waals surface area (Å²) in [5.74, 6) is 5.64. The van der Waals surface area contributed by atoms with Gasteiger partial charge in [0.1, 0.15) is 5.75 Å². The van der Waals surface area contributed by atoms with E-state index in [1.807, 2.05) is 35.7 Å². The van der Waals surface area contributed by atoms with Crippen LogP contribution in [0.25, 0.3) is 0 Å². The van der Waals surface area contributed by atoms with Gasteiger partial charge in [-0.25, -0.2) is 0 Å². The minimum Gasteiger partial charge on any atom is -0.497 e. The van der Waals surface area contributed by atoms with Crippen LogP contribution in [0.3, 0.4) is 0 Å². The third-order valence-corrected chi connectivity index (χ3v) is 4.54. The number of hydrogen-bond donors (Lipinski definition) is 0. The molecule has 0 atom stereocenters. The molecular formula is C11H15NOS2. The SMILES string of the molecule is COc1ccc(N2CSCCSC2)cc1. The number of nitrogens with zero attached hydrogens (tertiary/aromatic N) is 1. The van der Waals surface area contributed by atoms with E-state index in [0.29, 0.717) is 0 Å². The third kappa shape index (κ3) is 2.98. The second kappa shape index (κ2) is 5.56. The summed E-state index contributed by atoms with van der Waals surface area (Å²) in [6, 6.07) is 8.31. The summed E-state index contributed by atoms with van der Waals surface area (Å²) in [6.45, 7) is 0. The van der Waals surface area contributed by atoms with E-state index in [2.05, 4.69) is 17.0 Å². The van der Waals surface area contributed by atoms with Crippen molar-refractivity contribution in [2.75, 3.05) is 35.3 Å². The standard InChI is InChI=1S/C11H15NOS2/c1-13-11-4-2-10(3-5-11)12-8-14-6-7-15-9-12/h2-5H,6-9H2,1H3. The zero-order valence-electron chi connectivity index (χ0n) is 8.81. The van der Waals surface area contributed by atoms with Gasteiger partial charge in [-0.15, -0.1) is 23.5 Å². The van der Waals surface area contributed by atoms with Crippen molar-refractivity contribution >= 4 is 29.2 Å². The lowest BCUT2D eigenvalue weighted by molar-refractivity contribution is 0.415. The summed E-state index contributed by atoms with van der Waals surface area (Å²) in [5.41, 5.74) is 1.29. The van der Waals surface area contributed by atoms with Crippen LogP contribution >= 0.6 is 23.5 Å². The van der Waals surface area contributed by atoms with Gasteiger partial charge in [0, 0.05) is 17.2 Å². The maximum Gasteiger partial charge on any atom is 0.119 e. The maximum absolute atomic E-state index is 5.15. The van der Waals surface area contributed by atoms with Crippen LogP contribution in [0.1, 0.15) is 0 Å². The largest absolute Gasteiger partial charge is 0.497 e. The quantitative estimate of drug-likeness (QED) is 0.789. The molecule has 0 bridgehead atoms. The van der Waals surface area contributed by atoms with Crippen molar-refractivity contribution in [3.63, 3.8) is 0 Å². The Morgan fingerprint density at radius 3 is 2.20 bits per heavy atom. The highest BCUT2D eigenvalue weighted by molar-refractivity contribution is 8.03. The molecule has 0 unspecified atom stereocenters. The molecule has 0 radical (unpaired) electrons. The Balaban J connectivity index is 2.06. The molecule has 1 heterocycles. The molecule has 0 aliphatic carbocycles. The second-order valence-electron chi connectivity index (χ2n) is 3.31. The average Bonchev–Trinajstić information content (AvgIpc) is 2.58. The predicted molar refractivity (Wildman–Crippen MR) is 70.1 cm³/mol. The van der Waals surface area contributed by atoms with E-state index >= 15 is 0 Å². The van der Waals surface area contributed by atoms with Crippen molar-refractivity contribution in [1.29, 1.82) is 0 Å². The Hall–Kier alpha value is -0.480. The molecule has 1 aromatic carbocycles. The Bertz CT molecular complexity index is 294. The lowest BCUT2D eigenvalue weighted by Crippen LogP contribution is -2.20. The van der Waals surface area contributed by atoms with E-state index in [1.165, 1.54) is 17.2 Å². The van der Waals surface area contributed by atoms with Gasteiger partial charge in [0.15, 0.2) is 0 Å². The summed E-state index contributed by atoms with van der Waals surface area (Å²) in [6.07, 6.45) is 0. The van der Waals surface area contributed by atoms with Gasteiger partial charge in [-0.3, -0.25) is 0 Å². The summed E-state index contributed by atoms with van der Waals surface area (Å²) in [5, 5.41) is 0. The fraction of sp³-hybridized carbons (Fsp3) is 0.455. The van der Waals surface area contributed by atoms with Gasteiger partial charge in [-0.2, -0.15) is 0 Å². The fourth-order valence-corrected chi connectivity index (χ4v) is 3.68. The maximum atomic E-state index is 5.15. The monoisotopic (exact) mass is 241 g/mol. The summed E-state index contributed by atoms with van der Waals surface area (Å²) < 4.78 is 5.15. The molecule has 2 rings (SSSR count). The number of ether oxygens (including phenoxy) is 1. The first kappa shape index (κ1) is 11.0. The first-order chi connectivity index (χ1) is 7.40. The zero-order chi connectivity index (χ0) is 10.5. The van der Waals surface area contributed by atoms with Crippen molar-refractivity contribution in [1.82, 2.24) is 0 Å². The molecule has 0 aromatic heterocycles. The van der Waals surface area contributed by atoms with E-state index in [4.69, 9.17) is 4.74 Å². The first-order valence-electron chi connectivity index (χ1n) is 4.94. The van der Waals surface area contributed by atoms with Gasteiger partial charge >= 0.3 is 0 Å². The minimum absolute atomic E-state index is 0.925. The molecule has 1 fully saturated rings. The molecule has 1 aliphatic rings. The lowest BCUT2D eigenvalue weighted by atomic mass is 10.3. The topological polar surface area (TPSA) is 12.5 Å². The van der Waals surface area contributed by atoms with E-state index in [-0.39, 0.29) is 0 Å². The van der Waals surface area contributed by atoms with Gasteiger partial charge in [0.2, 0.25) is 0 Å². The molecule has 1 aliphatic heterocycles. The number of hydrogen-bond acceptors (Lipinski definition) is 4. The van der Waals surface area contributed by atoms with E-state index < -0.39 is 0 Å². The fourth-order valence-electron chi connectivity index (χ4n) is 1.45. The Labute approximate surface area is 99.4 Å². The van der Waals surface area contributed by atoms with Crippen LogP contribution in [0.5, 0.6) is 5.75 Å². The van der Waals surface area contributed by atoms with Gasteiger partial charge in [-0.1, -0.05) is 0 Å². The van der Waals surface area contributed by atoms with Crippen LogP contribution in [0.4, 0.5) is 5.69 Å². The highest BCUT2D eigenvalue weighted by Crippen LogP contribution is 2.25. The van der Waals surface area contributed by atoms with Crippen LogP contribution in [0.15, 0.2) is 24.3 Å². The summed E-state index contributed by atoms with van der Waals surface area (Å²) >= 11 is 4.00. The van der Waals surface area contributed by atoms with Crippen LogP contribution in [0, 0.1) is 0 Å². The lowest BCUT2D eigenvalue weighted by Gasteiger charge is -2.21. The molecule has 1 saturated heterocycles.